The molecule has 0 aromatic heterocycles. The number of nitrogens with zero attached hydrogens (tertiary/aromatic N) is 2. The molecular weight excluding hydrogens is 1650 g/mol. The topological polar surface area (TPSA) is 25.3 Å². The van der Waals surface area contributed by atoms with Crippen LogP contribution in [0.1, 0.15) is 731 Å². The zero-order chi connectivity index (χ0) is 95.1. The monoisotopic (exact) mass is 1890 g/mol. The smallest absolute Gasteiger partial charge is 0.493 e. The van der Waals surface area contributed by atoms with E-state index < -0.39 is 0 Å². The van der Waals surface area contributed by atoms with Crippen molar-refractivity contribution in [2.75, 3.05) is 0 Å². The molecule has 0 atom stereocenters. The summed E-state index contributed by atoms with van der Waals surface area (Å²) < 4.78 is 1.78. The van der Waals surface area contributed by atoms with E-state index in [0.29, 0.717) is 0 Å². The number of aryl methyl sites for hydroxylation is 4. The average Bonchev–Trinajstić information content (AvgIpc) is 1.68. The Balaban J connectivity index is 0.00000664. The van der Waals surface area contributed by atoms with E-state index in [4.69, 9.17) is 0 Å². The summed E-state index contributed by atoms with van der Waals surface area (Å²) in [4.78, 5) is 0. The molecule has 0 fully saturated rings. The fourth-order valence-corrected chi connectivity index (χ4v) is 21.1. The molecule has 3 heteroatoms. The van der Waals surface area contributed by atoms with Gasteiger partial charge in [0.05, 0.1) is 0 Å². The average molecular weight is 1890 g/mol. The van der Waals surface area contributed by atoms with Gasteiger partial charge in [0.25, 0.3) is 0 Å². The second-order valence-electron chi connectivity index (χ2n) is 43.4. The SMILES string of the molecule is CCCCCCCCCCCCCCCCCCCCCc1cc(CCCCCCCCCCCCCCCCCCCCC)cc(C2=C(CCCC)C(CCCC)=C(c3cc(CCCCCCCCCCCCCCCCCCCCC)cc(CCCCCCCCCCCCCCCCCCCCC)c3)[N+]2=[N-])c1.[CH2-]CCCCCCCCCC.[CH2-]CCCCCCCCCC.[Ni+2]. The molecule has 0 amide bonds. The summed E-state index contributed by atoms with van der Waals surface area (Å²) in [6, 6.07) is 15.4. The molecule has 2 aromatic rings. The van der Waals surface area contributed by atoms with Crippen LogP contribution in [0, 0.1) is 13.8 Å². The quantitative estimate of drug-likeness (QED) is 0.0273. The first-order chi connectivity index (χ1) is 65.3. The predicted molar refractivity (Wildman–Crippen MR) is 603 cm³/mol. The van der Waals surface area contributed by atoms with Gasteiger partial charge in [-0.15, -0.1) is 0 Å². The molecule has 0 spiro atoms. The Labute approximate surface area is 850 Å². The second kappa shape index (κ2) is 109. The Bertz CT molecular complexity index is 2380. The molecule has 3 rings (SSSR count). The standard InChI is InChI=1S/C108H196N2.2C11H23.Ni/c1-7-13-19-23-27-31-35-39-43-47-51-55-59-63-67-71-75-79-83-87-99-93-100(88-84-80-76-72-68-64-60-56-52-48-44-40-36-32-28-24-20-14-8-2)96-103(95-99)107-105(91-17-11-5)106(92-18-12-6)108(110(107)109)104-97-101(89-85-81-77-73-69-65-61-57-53-49-45-41-37-33-29-25-21-15-9-3)94-102(98-104)90-86-82-78-74-70-66-62-58-54-50-46-42-38-34-30-26-22-16-10-4;2*1-3-5-7-9-11-10-8-6-4-2;/h93-98H,7-92H2,1-6H3;2*1,3-11H2,2H3;/q;2*-1;+2. The van der Waals surface area contributed by atoms with Gasteiger partial charge in [0.2, 0.25) is 11.4 Å². The van der Waals surface area contributed by atoms with E-state index in [1.807, 2.05) is 0 Å². The van der Waals surface area contributed by atoms with Crippen LogP contribution in [0.4, 0.5) is 0 Å². The van der Waals surface area contributed by atoms with Crippen molar-refractivity contribution in [1.29, 1.82) is 0 Å². The molecule has 0 saturated carbocycles. The zero-order valence-electron chi connectivity index (χ0n) is 92.6. The molecular formula is C130H242N2Ni. The Hall–Kier alpha value is -1.99. The van der Waals surface area contributed by atoms with Gasteiger partial charge in [-0.2, -0.15) is 12.8 Å². The van der Waals surface area contributed by atoms with Crippen LogP contribution in [0.2, 0.25) is 0 Å². The van der Waals surface area contributed by atoms with E-state index in [2.05, 4.69) is 106 Å². The maximum Gasteiger partial charge on any atom is 2.00 e. The van der Waals surface area contributed by atoms with Crippen LogP contribution in [0.15, 0.2) is 47.5 Å². The fraction of sp³-hybridized carbons (Fsp3) is 0.862. The van der Waals surface area contributed by atoms with E-state index in [0.717, 1.165) is 75.6 Å². The third kappa shape index (κ3) is 85.3. The first kappa shape index (κ1) is 131. The van der Waals surface area contributed by atoms with Crippen molar-refractivity contribution in [3.63, 3.8) is 0 Å². The molecule has 1 aliphatic rings. The molecule has 133 heavy (non-hydrogen) atoms. The van der Waals surface area contributed by atoms with Crippen LogP contribution < -0.4 is 0 Å². The molecule has 0 aliphatic carbocycles. The van der Waals surface area contributed by atoms with E-state index in [1.165, 1.54) is 648 Å². The van der Waals surface area contributed by atoms with E-state index in [-0.39, 0.29) is 16.5 Å². The van der Waals surface area contributed by atoms with Gasteiger partial charge in [-0.3, -0.25) is 0 Å². The Morgan fingerprint density at radius 3 is 0.406 bits per heavy atom. The zero-order valence-corrected chi connectivity index (χ0v) is 93.6. The number of unbranched alkanes of at least 4 members (excludes halogenated alkanes) is 90. The molecule has 1 heterocycles. The molecule has 2 aromatic carbocycles. The third-order valence-electron chi connectivity index (χ3n) is 30.1. The molecule has 0 bridgehead atoms. The van der Waals surface area contributed by atoms with Gasteiger partial charge < -0.3 is 19.4 Å². The van der Waals surface area contributed by atoms with Crippen LogP contribution in [0.25, 0.3) is 16.9 Å². The molecule has 0 N–H and O–H groups in total. The molecule has 1 aliphatic heterocycles. The van der Waals surface area contributed by atoms with Gasteiger partial charge in [-0.1, -0.05) is 645 Å². The van der Waals surface area contributed by atoms with Crippen LogP contribution in [0.5, 0.6) is 0 Å². The van der Waals surface area contributed by atoms with Crippen molar-refractivity contribution in [2.24, 2.45) is 0 Å². The van der Waals surface area contributed by atoms with Gasteiger partial charge >= 0.3 is 16.5 Å². The predicted octanol–water partition coefficient (Wildman–Crippen LogP) is 47.8. The third-order valence-corrected chi connectivity index (χ3v) is 30.1. The molecule has 782 valence electrons. The number of hydrogen-bond donors (Lipinski definition) is 0. The molecule has 0 unspecified atom stereocenters. The van der Waals surface area contributed by atoms with Gasteiger partial charge in [-0.25, -0.2) is 4.70 Å². The van der Waals surface area contributed by atoms with Crippen molar-refractivity contribution < 1.29 is 21.2 Å². The first-order valence-electron chi connectivity index (χ1n) is 62.1. The van der Waals surface area contributed by atoms with Crippen molar-refractivity contribution in [2.45, 2.75) is 723 Å². The summed E-state index contributed by atoms with van der Waals surface area (Å²) >= 11 is 0. The van der Waals surface area contributed by atoms with Crippen LogP contribution in [-0.2, 0) is 42.2 Å². The summed E-state index contributed by atoms with van der Waals surface area (Å²) in [6.07, 6.45) is 144. The summed E-state index contributed by atoms with van der Waals surface area (Å²) in [6.45, 7) is 26.2. The van der Waals surface area contributed by atoms with Gasteiger partial charge in [-0.05, 0) is 124 Å². The molecule has 0 radical (unpaired) electrons. The van der Waals surface area contributed by atoms with Gasteiger partial charge in [0.15, 0.2) is 0 Å². The number of allylic oxidation sites excluding steroid dienone is 2. The Morgan fingerprint density at radius 1 is 0.158 bits per heavy atom. The van der Waals surface area contributed by atoms with Gasteiger partial charge in [0.1, 0.15) is 0 Å². The van der Waals surface area contributed by atoms with Crippen LogP contribution in [0.3, 0.4) is 0 Å². The number of hydrogen-bond acceptors (Lipinski definition) is 0. The maximum atomic E-state index is 13.4. The van der Waals surface area contributed by atoms with Crippen molar-refractivity contribution >= 4 is 11.4 Å². The summed E-state index contributed by atoms with van der Waals surface area (Å²) in [5.41, 5.74) is 27.1. The number of rotatable bonds is 104. The fourth-order valence-electron chi connectivity index (χ4n) is 21.1. The minimum atomic E-state index is 0. The maximum absolute atomic E-state index is 13.4. The van der Waals surface area contributed by atoms with Crippen molar-refractivity contribution in [3.05, 3.63) is 100 Å². The summed E-state index contributed by atoms with van der Waals surface area (Å²) in [5.74, 6) is 0. The van der Waals surface area contributed by atoms with Crippen LogP contribution in [-0.4, -0.2) is 4.70 Å². The van der Waals surface area contributed by atoms with E-state index in [1.54, 1.807) is 4.70 Å². The van der Waals surface area contributed by atoms with Gasteiger partial charge in [0, 0.05) is 22.3 Å². The minimum absolute atomic E-state index is 0. The largest absolute Gasteiger partial charge is 2.00 e. The molecule has 2 nitrogen and oxygen atoms in total. The van der Waals surface area contributed by atoms with Crippen molar-refractivity contribution in [3.8, 4) is 0 Å². The van der Waals surface area contributed by atoms with Crippen LogP contribution >= 0.6 is 0 Å². The second-order valence-corrected chi connectivity index (χ2v) is 43.4. The molecule has 0 saturated heterocycles. The summed E-state index contributed by atoms with van der Waals surface area (Å²) in [5, 5.41) is 0. The van der Waals surface area contributed by atoms with E-state index in [9.17, 15) is 5.53 Å². The van der Waals surface area contributed by atoms with E-state index >= 15 is 0 Å². The van der Waals surface area contributed by atoms with Crippen molar-refractivity contribution in [1.82, 2.24) is 0 Å². The normalized spacial score (nSPS) is 12.2. The number of benzene rings is 2. The minimum Gasteiger partial charge on any atom is -0.493 e. The Kier molecular flexibility index (Phi) is 107. The first-order valence-corrected chi connectivity index (χ1v) is 62.1. The summed E-state index contributed by atoms with van der Waals surface area (Å²) in [7, 11) is 0. The Morgan fingerprint density at radius 2 is 0.278 bits per heavy atom.